The Morgan fingerprint density at radius 1 is 1.13 bits per heavy atom. The molecule has 15 heavy (non-hydrogen) atoms. The van der Waals surface area contributed by atoms with E-state index < -0.39 is 0 Å². The average molecular weight is 215 g/mol. The first-order valence-electron chi connectivity index (χ1n) is 5.37. The number of hydrogen-bond donors (Lipinski definition) is 3. The van der Waals surface area contributed by atoms with Gasteiger partial charge in [-0.1, -0.05) is 6.92 Å². The van der Waals surface area contributed by atoms with Crippen molar-refractivity contribution in [2.45, 2.75) is 39.7 Å². The Labute approximate surface area is 91.0 Å². The van der Waals surface area contributed by atoms with Gasteiger partial charge in [-0.3, -0.25) is 4.79 Å². The Morgan fingerprint density at radius 2 is 1.80 bits per heavy atom. The van der Waals surface area contributed by atoms with Crippen molar-refractivity contribution in [1.82, 2.24) is 16.0 Å². The SMILES string of the molecule is CCCNC(=O)CCNC(=O)NC(C)C. The summed E-state index contributed by atoms with van der Waals surface area (Å²) >= 11 is 0. The van der Waals surface area contributed by atoms with Crippen molar-refractivity contribution in [3.8, 4) is 0 Å². The minimum absolute atomic E-state index is 0.0262. The summed E-state index contributed by atoms with van der Waals surface area (Å²) in [7, 11) is 0. The van der Waals surface area contributed by atoms with E-state index in [0.717, 1.165) is 6.42 Å². The second-order valence-corrected chi connectivity index (χ2v) is 3.65. The molecule has 0 aromatic heterocycles. The maximum Gasteiger partial charge on any atom is 0.315 e. The molecule has 3 N–H and O–H groups in total. The van der Waals surface area contributed by atoms with E-state index in [1.807, 2.05) is 20.8 Å². The van der Waals surface area contributed by atoms with Crippen LogP contribution in [0.25, 0.3) is 0 Å². The lowest BCUT2D eigenvalue weighted by Crippen LogP contribution is -2.41. The Kier molecular flexibility index (Phi) is 7.40. The predicted octanol–water partition coefficient (Wildman–Crippen LogP) is 0.610. The highest BCUT2D eigenvalue weighted by molar-refractivity contribution is 5.78. The molecule has 0 aliphatic carbocycles. The number of amides is 3. The molecule has 0 aliphatic rings. The van der Waals surface area contributed by atoms with Crippen molar-refractivity contribution >= 4 is 11.9 Å². The minimum atomic E-state index is -0.228. The maximum atomic E-state index is 11.1. The largest absolute Gasteiger partial charge is 0.356 e. The van der Waals surface area contributed by atoms with E-state index >= 15 is 0 Å². The van der Waals surface area contributed by atoms with Crippen LogP contribution in [0.2, 0.25) is 0 Å². The van der Waals surface area contributed by atoms with Gasteiger partial charge in [0.25, 0.3) is 0 Å². The van der Waals surface area contributed by atoms with E-state index in [9.17, 15) is 9.59 Å². The fraction of sp³-hybridized carbons (Fsp3) is 0.800. The van der Waals surface area contributed by atoms with E-state index in [1.54, 1.807) is 0 Å². The zero-order chi connectivity index (χ0) is 11.7. The normalized spacial score (nSPS) is 9.87. The lowest BCUT2D eigenvalue weighted by atomic mass is 10.3. The Morgan fingerprint density at radius 3 is 2.33 bits per heavy atom. The molecule has 0 fully saturated rings. The first-order chi connectivity index (χ1) is 7.06. The van der Waals surface area contributed by atoms with E-state index in [-0.39, 0.29) is 18.0 Å². The van der Waals surface area contributed by atoms with Crippen LogP contribution >= 0.6 is 0 Å². The van der Waals surface area contributed by atoms with Gasteiger partial charge in [0.1, 0.15) is 0 Å². The summed E-state index contributed by atoms with van der Waals surface area (Å²) in [4.78, 5) is 22.2. The Bertz CT molecular complexity index is 205. The molecule has 0 spiro atoms. The molecule has 0 aromatic rings. The number of carbonyl (C=O) groups excluding carboxylic acids is 2. The molecule has 5 nitrogen and oxygen atoms in total. The van der Waals surface area contributed by atoms with Crippen molar-refractivity contribution in [3.63, 3.8) is 0 Å². The zero-order valence-electron chi connectivity index (χ0n) is 9.72. The van der Waals surface area contributed by atoms with Gasteiger partial charge in [0, 0.05) is 25.6 Å². The van der Waals surface area contributed by atoms with Gasteiger partial charge in [0.05, 0.1) is 0 Å². The van der Waals surface area contributed by atoms with Crippen LogP contribution in [0, 0.1) is 0 Å². The molecule has 5 heteroatoms. The van der Waals surface area contributed by atoms with Crippen molar-refractivity contribution in [3.05, 3.63) is 0 Å². The summed E-state index contributed by atoms with van der Waals surface area (Å²) < 4.78 is 0. The monoisotopic (exact) mass is 215 g/mol. The van der Waals surface area contributed by atoms with Gasteiger partial charge in [0.15, 0.2) is 0 Å². The molecule has 0 saturated carbocycles. The average Bonchev–Trinajstić information content (AvgIpc) is 2.13. The van der Waals surface area contributed by atoms with Crippen LogP contribution in [-0.2, 0) is 4.79 Å². The van der Waals surface area contributed by atoms with Crippen LogP contribution in [-0.4, -0.2) is 31.1 Å². The third-order valence-corrected chi connectivity index (χ3v) is 1.63. The summed E-state index contributed by atoms with van der Waals surface area (Å²) in [6, 6.07) is -0.118. The number of carbonyl (C=O) groups is 2. The molecule has 0 saturated heterocycles. The van der Waals surface area contributed by atoms with E-state index in [0.29, 0.717) is 19.5 Å². The number of hydrogen-bond acceptors (Lipinski definition) is 2. The van der Waals surface area contributed by atoms with E-state index in [4.69, 9.17) is 0 Å². The smallest absolute Gasteiger partial charge is 0.315 e. The molecule has 0 radical (unpaired) electrons. The fourth-order valence-electron chi connectivity index (χ4n) is 0.956. The summed E-state index contributed by atoms with van der Waals surface area (Å²) in [6.07, 6.45) is 1.25. The minimum Gasteiger partial charge on any atom is -0.356 e. The summed E-state index contributed by atoms with van der Waals surface area (Å²) in [5.41, 5.74) is 0. The Balaban J connectivity index is 3.44. The highest BCUT2D eigenvalue weighted by Gasteiger charge is 2.03. The highest BCUT2D eigenvalue weighted by Crippen LogP contribution is 1.80. The molecule has 3 amide bonds. The Hall–Kier alpha value is -1.26. The molecule has 0 unspecified atom stereocenters. The molecular formula is C10H21N3O2. The van der Waals surface area contributed by atoms with E-state index in [2.05, 4.69) is 16.0 Å². The summed E-state index contributed by atoms with van der Waals surface area (Å²) in [5.74, 6) is -0.0262. The topological polar surface area (TPSA) is 70.2 Å². The molecule has 0 atom stereocenters. The van der Waals surface area contributed by atoms with Crippen molar-refractivity contribution < 1.29 is 9.59 Å². The van der Waals surface area contributed by atoms with Gasteiger partial charge in [-0.25, -0.2) is 4.79 Å². The third kappa shape index (κ3) is 9.05. The summed E-state index contributed by atoms with van der Waals surface area (Å²) in [5, 5.41) is 8.02. The molecule has 0 aliphatic heterocycles. The lowest BCUT2D eigenvalue weighted by Gasteiger charge is -2.09. The second kappa shape index (κ2) is 8.08. The first-order valence-corrected chi connectivity index (χ1v) is 5.37. The lowest BCUT2D eigenvalue weighted by molar-refractivity contribution is -0.120. The molecule has 0 heterocycles. The van der Waals surface area contributed by atoms with Crippen LogP contribution in [0.4, 0.5) is 4.79 Å². The van der Waals surface area contributed by atoms with Crippen LogP contribution < -0.4 is 16.0 Å². The van der Waals surface area contributed by atoms with Gasteiger partial charge < -0.3 is 16.0 Å². The van der Waals surface area contributed by atoms with Crippen LogP contribution in [0.15, 0.2) is 0 Å². The number of rotatable bonds is 6. The van der Waals surface area contributed by atoms with Gasteiger partial charge in [-0.05, 0) is 20.3 Å². The fourth-order valence-corrected chi connectivity index (χ4v) is 0.956. The van der Waals surface area contributed by atoms with Gasteiger partial charge >= 0.3 is 6.03 Å². The van der Waals surface area contributed by atoms with Gasteiger partial charge in [-0.2, -0.15) is 0 Å². The molecule has 88 valence electrons. The molecular weight excluding hydrogens is 194 g/mol. The van der Waals surface area contributed by atoms with Crippen molar-refractivity contribution in [1.29, 1.82) is 0 Å². The second-order valence-electron chi connectivity index (χ2n) is 3.65. The van der Waals surface area contributed by atoms with E-state index in [1.165, 1.54) is 0 Å². The maximum absolute atomic E-state index is 11.1. The third-order valence-electron chi connectivity index (χ3n) is 1.63. The highest BCUT2D eigenvalue weighted by atomic mass is 16.2. The molecule has 0 aromatic carbocycles. The summed E-state index contributed by atoms with van der Waals surface area (Å²) in [6.45, 7) is 6.82. The van der Waals surface area contributed by atoms with Crippen molar-refractivity contribution in [2.75, 3.05) is 13.1 Å². The van der Waals surface area contributed by atoms with Crippen LogP contribution in [0.5, 0.6) is 0 Å². The van der Waals surface area contributed by atoms with Gasteiger partial charge in [-0.15, -0.1) is 0 Å². The molecule has 0 bridgehead atoms. The van der Waals surface area contributed by atoms with Crippen LogP contribution in [0.3, 0.4) is 0 Å². The first kappa shape index (κ1) is 13.7. The molecule has 0 rings (SSSR count). The van der Waals surface area contributed by atoms with Crippen LogP contribution in [0.1, 0.15) is 33.6 Å². The number of nitrogens with one attached hydrogen (secondary N) is 3. The standard InChI is InChI=1S/C10H21N3O2/c1-4-6-11-9(14)5-7-12-10(15)13-8(2)3/h8H,4-7H2,1-3H3,(H,11,14)(H2,12,13,15). The quantitative estimate of drug-likeness (QED) is 0.607. The van der Waals surface area contributed by atoms with Gasteiger partial charge in [0.2, 0.25) is 5.91 Å². The zero-order valence-corrected chi connectivity index (χ0v) is 9.72. The predicted molar refractivity (Wildman–Crippen MR) is 59.6 cm³/mol. The number of urea groups is 1. The van der Waals surface area contributed by atoms with Crippen molar-refractivity contribution in [2.24, 2.45) is 0 Å².